The molecule has 2 rings (SSSR count). The van der Waals surface area contributed by atoms with Crippen LogP contribution in [0.1, 0.15) is 40.0 Å². The molecule has 0 heterocycles. The number of carbonyl (C=O) groups is 1. The van der Waals surface area contributed by atoms with Gasteiger partial charge in [-0.05, 0) is 73.7 Å². The molecule has 0 saturated heterocycles. The molecule has 0 spiro atoms. The number of rotatable bonds is 4. The number of carbonyl (C=O) groups excluding carboxylic acids is 1. The topological polar surface area (TPSA) is 50.4 Å². The first kappa shape index (κ1) is 18.0. The van der Waals surface area contributed by atoms with E-state index in [1.54, 1.807) is 6.07 Å². The summed E-state index contributed by atoms with van der Waals surface area (Å²) in [5, 5.41) is 6.21. The van der Waals surface area contributed by atoms with Crippen LogP contribution in [0.3, 0.4) is 0 Å². The van der Waals surface area contributed by atoms with Crippen molar-refractivity contribution in [1.29, 1.82) is 0 Å². The monoisotopic (exact) mass is 386 g/mol. The lowest BCUT2D eigenvalue weighted by Gasteiger charge is -2.24. The zero-order chi connectivity index (χ0) is 17.0. The number of hydrogen-bond donors (Lipinski definition) is 2. The highest BCUT2D eigenvalue weighted by Gasteiger charge is 2.28. The Hall–Kier alpha value is -1.30. The number of ether oxygens (including phenoxy) is 1. The highest BCUT2D eigenvalue weighted by molar-refractivity contribution is 9.10. The van der Waals surface area contributed by atoms with Crippen LogP contribution in [-0.4, -0.2) is 24.3 Å². The summed E-state index contributed by atoms with van der Waals surface area (Å²) in [7, 11) is 0. The van der Waals surface area contributed by atoms with Gasteiger partial charge in [0.25, 0.3) is 0 Å². The zero-order valence-corrected chi connectivity index (χ0v) is 15.4. The first-order valence-corrected chi connectivity index (χ1v) is 8.72. The zero-order valence-electron chi connectivity index (χ0n) is 13.8. The van der Waals surface area contributed by atoms with E-state index >= 15 is 0 Å². The maximum Gasteiger partial charge on any atom is 0.407 e. The second-order valence-electron chi connectivity index (χ2n) is 6.95. The van der Waals surface area contributed by atoms with Gasteiger partial charge in [-0.1, -0.05) is 6.42 Å². The van der Waals surface area contributed by atoms with Gasteiger partial charge >= 0.3 is 6.09 Å². The first-order valence-electron chi connectivity index (χ1n) is 7.93. The van der Waals surface area contributed by atoms with Gasteiger partial charge in [0.2, 0.25) is 0 Å². The van der Waals surface area contributed by atoms with Gasteiger partial charge < -0.3 is 15.4 Å². The Balaban J connectivity index is 1.87. The number of alkyl carbamates (subject to hydrolysis) is 1. The average molecular weight is 387 g/mol. The molecule has 0 bridgehead atoms. The maximum atomic E-state index is 13.6. The molecule has 6 heteroatoms. The van der Waals surface area contributed by atoms with E-state index in [9.17, 15) is 9.18 Å². The fourth-order valence-electron chi connectivity index (χ4n) is 2.80. The van der Waals surface area contributed by atoms with E-state index < -0.39 is 11.7 Å². The number of hydrogen-bond acceptors (Lipinski definition) is 3. The van der Waals surface area contributed by atoms with Crippen molar-refractivity contribution in [3.8, 4) is 0 Å². The van der Waals surface area contributed by atoms with Gasteiger partial charge in [-0.3, -0.25) is 0 Å². The van der Waals surface area contributed by atoms with Crippen molar-refractivity contribution in [2.75, 3.05) is 11.9 Å². The number of anilines is 1. The third kappa shape index (κ3) is 5.68. The van der Waals surface area contributed by atoms with Gasteiger partial charge in [-0.2, -0.15) is 0 Å². The second-order valence-corrected chi connectivity index (χ2v) is 7.81. The van der Waals surface area contributed by atoms with Crippen molar-refractivity contribution in [3.63, 3.8) is 0 Å². The van der Waals surface area contributed by atoms with Gasteiger partial charge in [-0.15, -0.1) is 0 Å². The third-order valence-electron chi connectivity index (χ3n) is 3.84. The maximum absolute atomic E-state index is 13.6. The van der Waals surface area contributed by atoms with Crippen molar-refractivity contribution in [3.05, 3.63) is 28.5 Å². The minimum absolute atomic E-state index is 0.227. The molecule has 0 radical (unpaired) electrons. The Labute approximate surface area is 145 Å². The lowest BCUT2D eigenvalue weighted by molar-refractivity contribution is 0.0519. The van der Waals surface area contributed by atoms with Crippen LogP contribution >= 0.6 is 15.9 Å². The molecule has 128 valence electrons. The van der Waals surface area contributed by atoms with E-state index in [1.807, 2.05) is 26.8 Å². The molecule has 0 aromatic heterocycles. The first-order chi connectivity index (χ1) is 10.7. The molecule has 1 fully saturated rings. The molecule has 1 amide bonds. The Morgan fingerprint density at radius 1 is 1.39 bits per heavy atom. The summed E-state index contributed by atoms with van der Waals surface area (Å²) < 4.78 is 19.3. The smallest absolute Gasteiger partial charge is 0.407 e. The summed E-state index contributed by atoms with van der Waals surface area (Å²) in [6.45, 7) is 6.09. The van der Waals surface area contributed by atoms with E-state index in [2.05, 4.69) is 26.6 Å². The predicted octanol–water partition coefficient (Wildman–Crippen LogP) is 4.69. The second kappa shape index (κ2) is 7.51. The summed E-state index contributed by atoms with van der Waals surface area (Å²) in [6.07, 6.45) is 2.75. The summed E-state index contributed by atoms with van der Waals surface area (Å²) >= 11 is 3.15. The molecule has 1 aliphatic rings. The van der Waals surface area contributed by atoms with E-state index in [0.29, 0.717) is 16.9 Å². The van der Waals surface area contributed by atoms with Crippen molar-refractivity contribution in [1.82, 2.24) is 5.32 Å². The van der Waals surface area contributed by atoms with Gasteiger partial charge in [0.15, 0.2) is 0 Å². The van der Waals surface area contributed by atoms with Crippen LogP contribution in [-0.2, 0) is 4.74 Å². The Kier molecular flexibility index (Phi) is 5.89. The van der Waals surface area contributed by atoms with Crippen molar-refractivity contribution < 1.29 is 13.9 Å². The van der Waals surface area contributed by atoms with Crippen LogP contribution in [0.5, 0.6) is 0 Å². The number of halogens is 2. The quantitative estimate of drug-likeness (QED) is 0.788. The van der Waals surface area contributed by atoms with Gasteiger partial charge in [0.1, 0.15) is 11.4 Å². The summed E-state index contributed by atoms with van der Waals surface area (Å²) in [6, 6.07) is 5.26. The largest absolute Gasteiger partial charge is 0.444 e. The molecule has 2 N–H and O–H groups in total. The van der Waals surface area contributed by atoms with Gasteiger partial charge in [-0.25, -0.2) is 9.18 Å². The Morgan fingerprint density at radius 2 is 2.13 bits per heavy atom. The lowest BCUT2D eigenvalue weighted by atomic mass is 10.0. The number of amides is 1. The van der Waals surface area contributed by atoms with Crippen molar-refractivity contribution in [2.24, 2.45) is 5.92 Å². The molecule has 23 heavy (non-hydrogen) atoms. The Morgan fingerprint density at radius 3 is 2.78 bits per heavy atom. The van der Waals surface area contributed by atoms with E-state index in [0.717, 1.165) is 24.9 Å². The number of benzene rings is 1. The summed E-state index contributed by atoms with van der Waals surface area (Å²) in [5.41, 5.74) is 0.270. The Bertz CT molecular complexity index is 560. The van der Waals surface area contributed by atoms with Crippen LogP contribution in [0, 0.1) is 11.7 Å². The van der Waals surface area contributed by atoms with Crippen LogP contribution in [0.15, 0.2) is 22.7 Å². The molecule has 1 saturated carbocycles. The molecule has 2 atom stereocenters. The SMILES string of the molecule is CC(C)(C)OC(=O)NCC1CCCC1Nc1ccc(Br)c(F)c1. The van der Waals surface area contributed by atoms with Crippen molar-refractivity contribution >= 4 is 27.7 Å². The van der Waals surface area contributed by atoms with E-state index in [-0.39, 0.29) is 11.9 Å². The molecule has 1 aliphatic carbocycles. The standard InChI is InChI=1S/C17H24BrFN2O2/c1-17(2,3)23-16(22)20-10-11-5-4-6-15(11)21-12-7-8-13(18)14(19)9-12/h7-9,11,15,21H,4-6,10H2,1-3H3,(H,20,22). The minimum Gasteiger partial charge on any atom is -0.444 e. The number of nitrogens with one attached hydrogen (secondary N) is 2. The highest BCUT2D eigenvalue weighted by atomic mass is 79.9. The van der Waals surface area contributed by atoms with Crippen molar-refractivity contribution in [2.45, 2.75) is 51.7 Å². The molecular weight excluding hydrogens is 363 g/mol. The minimum atomic E-state index is -0.494. The molecular formula is C17H24BrFN2O2. The van der Waals surface area contributed by atoms with Gasteiger partial charge in [0, 0.05) is 18.3 Å². The fraction of sp³-hybridized carbons (Fsp3) is 0.588. The van der Waals surface area contributed by atoms with Crippen LogP contribution in [0.4, 0.5) is 14.9 Å². The van der Waals surface area contributed by atoms with Gasteiger partial charge in [0.05, 0.1) is 4.47 Å². The van der Waals surface area contributed by atoms with E-state index in [1.165, 1.54) is 6.07 Å². The average Bonchev–Trinajstić information content (AvgIpc) is 2.86. The third-order valence-corrected chi connectivity index (χ3v) is 4.48. The van der Waals surface area contributed by atoms with E-state index in [4.69, 9.17) is 4.74 Å². The molecule has 4 nitrogen and oxygen atoms in total. The predicted molar refractivity (Wildman–Crippen MR) is 93.1 cm³/mol. The molecule has 1 aromatic carbocycles. The van der Waals surface area contributed by atoms with Crippen LogP contribution in [0.25, 0.3) is 0 Å². The fourth-order valence-corrected chi connectivity index (χ4v) is 3.05. The van der Waals surface area contributed by atoms with Crippen LogP contribution in [0.2, 0.25) is 0 Å². The highest BCUT2D eigenvalue weighted by Crippen LogP contribution is 2.29. The summed E-state index contributed by atoms with van der Waals surface area (Å²) in [5.74, 6) is 0.0330. The lowest BCUT2D eigenvalue weighted by Crippen LogP contribution is -2.38. The molecule has 0 aliphatic heterocycles. The molecule has 1 aromatic rings. The molecule has 2 unspecified atom stereocenters. The normalized spacial score (nSPS) is 21.1. The summed E-state index contributed by atoms with van der Waals surface area (Å²) in [4.78, 5) is 11.8. The van der Waals surface area contributed by atoms with Crippen LogP contribution < -0.4 is 10.6 Å².